The number of carbonyl (C=O) groups is 1. The summed E-state index contributed by atoms with van der Waals surface area (Å²) >= 11 is 0. The largest absolute Gasteiger partial charge is 0.369 e. The summed E-state index contributed by atoms with van der Waals surface area (Å²) in [6.07, 6.45) is 4.33. The van der Waals surface area contributed by atoms with E-state index >= 15 is 0 Å². The second-order valence-electron chi connectivity index (χ2n) is 8.05. The molecule has 1 aliphatic heterocycles. The zero-order chi connectivity index (χ0) is 20.2. The van der Waals surface area contributed by atoms with Crippen LogP contribution in [-0.2, 0) is 11.2 Å². The van der Waals surface area contributed by atoms with E-state index in [0.29, 0.717) is 6.42 Å². The van der Waals surface area contributed by atoms with Gasteiger partial charge in [-0.15, -0.1) is 0 Å². The Morgan fingerprint density at radius 1 is 1.10 bits per heavy atom. The number of aryl methyl sites for hydroxylation is 2. The number of para-hydroxylation sites is 1. The number of likely N-dealkylation sites (N-methyl/N-ethyl adjacent to an activating group) is 1. The Morgan fingerprint density at radius 2 is 1.90 bits per heavy atom. The van der Waals surface area contributed by atoms with E-state index in [-0.39, 0.29) is 5.91 Å². The lowest BCUT2D eigenvalue weighted by molar-refractivity contribution is -0.116. The van der Waals surface area contributed by atoms with Crippen molar-refractivity contribution in [3.63, 3.8) is 0 Å². The number of hydrogen-bond donors (Lipinski definition) is 2. The maximum atomic E-state index is 12.4. The highest BCUT2D eigenvalue weighted by Gasteiger charge is 2.15. The van der Waals surface area contributed by atoms with Gasteiger partial charge in [0.2, 0.25) is 5.91 Å². The second kappa shape index (κ2) is 8.70. The fourth-order valence-electron chi connectivity index (χ4n) is 4.04. The van der Waals surface area contributed by atoms with Crippen molar-refractivity contribution >= 4 is 28.2 Å². The van der Waals surface area contributed by atoms with Crippen LogP contribution in [-0.4, -0.2) is 49.0 Å². The van der Waals surface area contributed by atoms with E-state index in [1.807, 2.05) is 12.1 Å². The number of fused-ring (bicyclic) bond motifs is 1. The quantitative estimate of drug-likeness (QED) is 0.664. The first-order chi connectivity index (χ1) is 14.1. The molecule has 0 saturated carbocycles. The number of aromatic amines is 1. The fourth-order valence-corrected chi connectivity index (χ4v) is 4.04. The summed E-state index contributed by atoms with van der Waals surface area (Å²) in [5.74, 6) is 0.0836. The lowest BCUT2D eigenvalue weighted by Gasteiger charge is -2.34. The molecule has 0 spiro atoms. The molecule has 5 heteroatoms. The van der Waals surface area contributed by atoms with Crippen LogP contribution in [0.2, 0.25) is 0 Å². The Balaban J connectivity index is 1.30. The van der Waals surface area contributed by atoms with Gasteiger partial charge in [0.15, 0.2) is 0 Å². The highest BCUT2D eigenvalue weighted by atomic mass is 16.1. The third kappa shape index (κ3) is 4.62. The molecule has 1 aliphatic rings. The summed E-state index contributed by atoms with van der Waals surface area (Å²) in [6.45, 7) is 6.36. The summed E-state index contributed by atoms with van der Waals surface area (Å²) in [5, 5.41) is 4.34. The topological polar surface area (TPSA) is 51.4 Å². The number of nitrogens with zero attached hydrogens (tertiary/aromatic N) is 2. The molecule has 152 valence electrons. The van der Waals surface area contributed by atoms with Crippen LogP contribution in [0.5, 0.6) is 0 Å². The van der Waals surface area contributed by atoms with Gasteiger partial charge in [0, 0.05) is 61.1 Å². The first-order valence-electron chi connectivity index (χ1n) is 10.5. The van der Waals surface area contributed by atoms with Crippen LogP contribution in [0.25, 0.3) is 10.9 Å². The van der Waals surface area contributed by atoms with Crippen LogP contribution < -0.4 is 10.2 Å². The zero-order valence-electron chi connectivity index (χ0n) is 17.4. The van der Waals surface area contributed by atoms with Crippen molar-refractivity contribution in [2.45, 2.75) is 26.2 Å². The molecule has 4 rings (SSSR count). The number of anilines is 2. The van der Waals surface area contributed by atoms with Crippen LogP contribution in [0.3, 0.4) is 0 Å². The van der Waals surface area contributed by atoms with Gasteiger partial charge in [-0.2, -0.15) is 0 Å². The van der Waals surface area contributed by atoms with E-state index in [0.717, 1.165) is 55.8 Å². The van der Waals surface area contributed by atoms with Crippen LogP contribution in [0.1, 0.15) is 24.0 Å². The lowest BCUT2D eigenvalue weighted by atomic mass is 10.1. The first kappa shape index (κ1) is 19.5. The molecular weight excluding hydrogens is 360 g/mol. The molecule has 0 aliphatic carbocycles. The van der Waals surface area contributed by atoms with Gasteiger partial charge in [0.25, 0.3) is 0 Å². The SMILES string of the molecule is Cc1cc(N2CCN(C)CC2)ccc1NC(=O)CCCc1c[nH]c2ccccc12. The lowest BCUT2D eigenvalue weighted by Crippen LogP contribution is -2.44. The molecule has 3 aromatic rings. The van der Waals surface area contributed by atoms with Gasteiger partial charge in [-0.3, -0.25) is 4.79 Å². The Kier molecular flexibility index (Phi) is 5.86. The van der Waals surface area contributed by atoms with Crippen molar-refractivity contribution in [2.24, 2.45) is 0 Å². The predicted molar refractivity (Wildman–Crippen MR) is 121 cm³/mol. The molecule has 2 aromatic carbocycles. The van der Waals surface area contributed by atoms with Gasteiger partial charge in [0.05, 0.1) is 0 Å². The molecule has 2 N–H and O–H groups in total. The minimum Gasteiger partial charge on any atom is -0.369 e. The van der Waals surface area contributed by atoms with Crippen molar-refractivity contribution in [1.82, 2.24) is 9.88 Å². The standard InChI is InChI=1S/C24H30N4O/c1-18-16-20(28-14-12-27(2)13-15-28)10-11-22(18)26-24(29)9-5-6-19-17-25-23-8-4-3-7-21(19)23/h3-4,7-8,10-11,16-17,25H,5-6,9,12-15H2,1-2H3,(H,26,29). The monoisotopic (exact) mass is 390 g/mol. The maximum absolute atomic E-state index is 12.4. The molecule has 0 atom stereocenters. The highest BCUT2D eigenvalue weighted by Crippen LogP contribution is 2.24. The minimum atomic E-state index is 0.0836. The molecule has 1 amide bonds. The van der Waals surface area contributed by atoms with Crippen LogP contribution in [0.15, 0.2) is 48.7 Å². The molecule has 0 unspecified atom stereocenters. The molecule has 0 radical (unpaired) electrons. The van der Waals surface area contributed by atoms with Crippen molar-refractivity contribution in [2.75, 3.05) is 43.4 Å². The average molecular weight is 391 g/mol. The minimum absolute atomic E-state index is 0.0836. The van der Waals surface area contributed by atoms with Gasteiger partial charge in [-0.25, -0.2) is 0 Å². The number of carbonyl (C=O) groups excluding carboxylic acids is 1. The molecule has 1 saturated heterocycles. The normalized spacial score (nSPS) is 15.0. The van der Waals surface area contributed by atoms with Crippen LogP contribution in [0.4, 0.5) is 11.4 Å². The molecule has 29 heavy (non-hydrogen) atoms. The molecular formula is C24H30N4O. The summed E-state index contributed by atoms with van der Waals surface area (Å²) in [7, 11) is 2.17. The number of benzene rings is 2. The van der Waals surface area contributed by atoms with Gasteiger partial charge in [-0.1, -0.05) is 18.2 Å². The van der Waals surface area contributed by atoms with Gasteiger partial charge in [-0.05, 0) is 62.2 Å². The van der Waals surface area contributed by atoms with E-state index in [4.69, 9.17) is 0 Å². The maximum Gasteiger partial charge on any atom is 0.224 e. The molecule has 1 aromatic heterocycles. The zero-order valence-corrected chi connectivity index (χ0v) is 17.4. The number of H-pyrrole nitrogens is 1. The smallest absolute Gasteiger partial charge is 0.224 e. The second-order valence-corrected chi connectivity index (χ2v) is 8.05. The van der Waals surface area contributed by atoms with Gasteiger partial charge in [0.1, 0.15) is 0 Å². The van der Waals surface area contributed by atoms with E-state index in [1.54, 1.807) is 0 Å². The Morgan fingerprint density at radius 3 is 2.69 bits per heavy atom. The third-order valence-corrected chi connectivity index (χ3v) is 5.88. The van der Waals surface area contributed by atoms with Crippen LogP contribution >= 0.6 is 0 Å². The molecule has 2 heterocycles. The molecule has 5 nitrogen and oxygen atoms in total. The highest BCUT2D eigenvalue weighted by molar-refractivity contribution is 5.92. The van der Waals surface area contributed by atoms with E-state index in [9.17, 15) is 4.79 Å². The molecule has 0 bridgehead atoms. The summed E-state index contributed by atoms with van der Waals surface area (Å²) in [6, 6.07) is 14.7. The van der Waals surface area contributed by atoms with E-state index < -0.39 is 0 Å². The van der Waals surface area contributed by atoms with Crippen molar-refractivity contribution in [3.05, 3.63) is 59.8 Å². The van der Waals surface area contributed by atoms with Gasteiger partial charge < -0.3 is 20.1 Å². The van der Waals surface area contributed by atoms with E-state index in [2.05, 4.69) is 70.6 Å². The Hall–Kier alpha value is -2.79. The number of aromatic nitrogens is 1. The Labute approximate surface area is 172 Å². The average Bonchev–Trinajstić information content (AvgIpc) is 3.13. The van der Waals surface area contributed by atoms with E-state index in [1.165, 1.54) is 16.6 Å². The number of piperazine rings is 1. The first-order valence-corrected chi connectivity index (χ1v) is 10.5. The van der Waals surface area contributed by atoms with Gasteiger partial charge >= 0.3 is 0 Å². The number of hydrogen-bond acceptors (Lipinski definition) is 3. The summed E-state index contributed by atoms with van der Waals surface area (Å²) < 4.78 is 0. The number of rotatable bonds is 6. The molecule has 1 fully saturated rings. The summed E-state index contributed by atoms with van der Waals surface area (Å²) in [5.41, 5.74) is 5.71. The Bertz CT molecular complexity index is 985. The van der Waals surface area contributed by atoms with Crippen LogP contribution in [0, 0.1) is 6.92 Å². The predicted octanol–water partition coefficient (Wildman–Crippen LogP) is 4.19. The summed E-state index contributed by atoms with van der Waals surface area (Å²) in [4.78, 5) is 20.5. The van der Waals surface area contributed by atoms with Crippen molar-refractivity contribution in [1.29, 1.82) is 0 Å². The number of nitrogens with one attached hydrogen (secondary N) is 2. The third-order valence-electron chi connectivity index (χ3n) is 5.88. The van der Waals surface area contributed by atoms with Crippen molar-refractivity contribution < 1.29 is 4.79 Å². The number of amides is 1. The van der Waals surface area contributed by atoms with Crippen molar-refractivity contribution in [3.8, 4) is 0 Å². The fraction of sp³-hybridized carbons (Fsp3) is 0.375.